The Balaban J connectivity index is 2.42. The molecule has 0 unspecified atom stereocenters. The summed E-state index contributed by atoms with van der Waals surface area (Å²) in [5.74, 6) is -0.917. The Kier molecular flexibility index (Phi) is 3.75. The van der Waals surface area contributed by atoms with Crippen molar-refractivity contribution in [2.75, 3.05) is 0 Å². The van der Waals surface area contributed by atoms with Gasteiger partial charge in [0.1, 0.15) is 0 Å². The molecule has 1 N–H and O–H groups in total. The van der Waals surface area contributed by atoms with E-state index in [1.54, 1.807) is 13.1 Å². The number of carboxylic acids is 1. The van der Waals surface area contributed by atoms with E-state index in [1.165, 1.54) is 4.68 Å². The molecule has 98 valence electrons. The van der Waals surface area contributed by atoms with Gasteiger partial charge in [-0.3, -0.25) is 9.59 Å². The molecule has 0 bridgehead atoms. The molecule has 0 atom stereocenters. The maximum Gasteiger partial charge on any atom is 0.303 e. The Bertz CT molecular complexity index is 647. The number of aryl methyl sites for hydroxylation is 2. The lowest BCUT2D eigenvalue weighted by Crippen LogP contribution is -2.24. The van der Waals surface area contributed by atoms with Crippen LogP contribution in [-0.4, -0.2) is 20.9 Å². The Morgan fingerprint density at radius 1 is 1.32 bits per heavy atom. The SMILES string of the molecule is Cn1nc(-c2ccccc2)cc(CCC(=O)O)c1=O. The number of hydrogen-bond donors (Lipinski definition) is 1. The van der Waals surface area contributed by atoms with E-state index >= 15 is 0 Å². The van der Waals surface area contributed by atoms with Crippen molar-refractivity contribution >= 4 is 5.97 Å². The van der Waals surface area contributed by atoms with Crippen LogP contribution in [0.3, 0.4) is 0 Å². The zero-order chi connectivity index (χ0) is 13.8. The first-order chi connectivity index (χ1) is 9.08. The summed E-state index contributed by atoms with van der Waals surface area (Å²) in [7, 11) is 1.57. The third kappa shape index (κ3) is 3.07. The fourth-order valence-corrected chi connectivity index (χ4v) is 1.84. The first-order valence-electron chi connectivity index (χ1n) is 5.92. The molecule has 0 aliphatic carbocycles. The average Bonchev–Trinajstić information content (AvgIpc) is 2.41. The highest BCUT2D eigenvalue weighted by molar-refractivity contribution is 5.67. The fraction of sp³-hybridized carbons (Fsp3) is 0.214. The minimum absolute atomic E-state index is 0.0620. The molecule has 0 fully saturated rings. The highest BCUT2D eigenvalue weighted by Gasteiger charge is 2.09. The van der Waals surface area contributed by atoms with Crippen molar-refractivity contribution in [3.05, 3.63) is 52.3 Å². The van der Waals surface area contributed by atoms with E-state index in [9.17, 15) is 9.59 Å². The summed E-state index contributed by atoms with van der Waals surface area (Å²) in [5, 5.41) is 12.9. The van der Waals surface area contributed by atoms with E-state index in [1.807, 2.05) is 30.3 Å². The topological polar surface area (TPSA) is 72.2 Å². The quantitative estimate of drug-likeness (QED) is 0.901. The van der Waals surface area contributed by atoms with Gasteiger partial charge in [-0.25, -0.2) is 4.68 Å². The Morgan fingerprint density at radius 2 is 2.00 bits per heavy atom. The van der Waals surface area contributed by atoms with Crippen molar-refractivity contribution < 1.29 is 9.90 Å². The van der Waals surface area contributed by atoms with E-state index in [-0.39, 0.29) is 18.4 Å². The first-order valence-corrected chi connectivity index (χ1v) is 5.92. The maximum absolute atomic E-state index is 11.9. The summed E-state index contributed by atoms with van der Waals surface area (Å²) in [4.78, 5) is 22.5. The summed E-state index contributed by atoms with van der Waals surface area (Å²) in [6, 6.07) is 11.1. The number of aliphatic carboxylic acids is 1. The number of aromatic nitrogens is 2. The lowest BCUT2D eigenvalue weighted by Gasteiger charge is -2.06. The van der Waals surface area contributed by atoms with Gasteiger partial charge in [-0.2, -0.15) is 5.10 Å². The summed E-state index contributed by atoms with van der Waals surface area (Å²) in [6.07, 6.45) is 0.151. The van der Waals surface area contributed by atoms with Crippen molar-refractivity contribution in [3.63, 3.8) is 0 Å². The third-order valence-electron chi connectivity index (χ3n) is 2.82. The molecule has 0 aliphatic rings. The Morgan fingerprint density at radius 3 is 2.63 bits per heavy atom. The van der Waals surface area contributed by atoms with E-state index in [0.717, 1.165) is 5.56 Å². The molecule has 2 aromatic rings. The molecule has 1 heterocycles. The number of nitrogens with zero attached hydrogens (tertiary/aromatic N) is 2. The monoisotopic (exact) mass is 258 g/mol. The van der Waals surface area contributed by atoms with Crippen LogP contribution in [0.2, 0.25) is 0 Å². The smallest absolute Gasteiger partial charge is 0.303 e. The zero-order valence-corrected chi connectivity index (χ0v) is 10.5. The van der Waals surface area contributed by atoms with Crippen LogP contribution in [-0.2, 0) is 18.3 Å². The van der Waals surface area contributed by atoms with E-state index in [0.29, 0.717) is 11.3 Å². The Labute approximate surface area is 110 Å². The fourth-order valence-electron chi connectivity index (χ4n) is 1.84. The molecule has 0 saturated carbocycles. The second-order valence-electron chi connectivity index (χ2n) is 4.24. The van der Waals surface area contributed by atoms with Gasteiger partial charge in [-0.15, -0.1) is 0 Å². The summed E-state index contributed by atoms with van der Waals surface area (Å²) in [6.45, 7) is 0. The predicted octanol–water partition coefficient (Wildman–Crippen LogP) is 1.46. The summed E-state index contributed by atoms with van der Waals surface area (Å²) in [5.41, 5.74) is 1.79. The second-order valence-corrected chi connectivity index (χ2v) is 4.24. The normalized spacial score (nSPS) is 10.4. The van der Waals surface area contributed by atoms with Crippen molar-refractivity contribution in [1.29, 1.82) is 0 Å². The molecule has 2 rings (SSSR count). The molecular formula is C14H14N2O3. The average molecular weight is 258 g/mol. The maximum atomic E-state index is 11.9. The standard InChI is InChI=1S/C14H14N2O3/c1-16-14(19)11(7-8-13(17)18)9-12(15-16)10-5-3-2-4-6-10/h2-6,9H,7-8H2,1H3,(H,17,18). The molecule has 0 aliphatic heterocycles. The van der Waals surface area contributed by atoms with Crippen molar-refractivity contribution in [2.24, 2.45) is 7.05 Å². The van der Waals surface area contributed by atoms with Gasteiger partial charge in [0, 0.05) is 24.6 Å². The lowest BCUT2D eigenvalue weighted by molar-refractivity contribution is -0.136. The van der Waals surface area contributed by atoms with Crippen LogP contribution < -0.4 is 5.56 Å². The molecule has 0 amide bonds. The van der Waals surface area contributed by atoms with Crippen LogP contribution in [0.4, 0.5) is 0 Å². The molecule has 5 heteroatoms. The summed E-state index contributed by atoms with van der Waals surface area (Å²) >= 11 is 0. The minimum atomic E-state index is -0.917. The minimum Gasteiger partial charge on any atom is -0.481 e. The highest BCUT2D eigenvalue weighted by atomic mass is 16.4. The summed E-state index contributed by atoms with van der Waals surface area (Å²) < 4.78 is 1.25. The Hall–Kier alpha value is -2.43. The second kappa shape index (κ2) is 5.48. The molecule has 1 aromatic carbocycles. The molecule has 19 heavy (non-hydrogen) atoms. The number of rotatable bonds is 4. The van der Waals surface area contributed by atoms with Crippen LogP contribution in [0, 0.1) is 0 Å². The predicted molar refractivity (Wildman–Crippen MR) is 70.9 cm³/mol. The largest absolute Gasteiger partial charge is 0.481 e. The zero-order valence-electron chi connectivity index (χ0n) is 10.5. The van der Waals surface area contributed by atoms with Crippen LogP contribution in [0.1, 0.15) is 12.0 Å². The highest BCUT2D eigenvalue weighted by Crippen LogP contribution is 2.16. The lowest BCUT2D eigenvalue weighted by atomic mass is 10.1. The molecule has 0 radical (unpaired) electrons. The van der Waals surface area contributed by atoms with Gasteiger partial charge in [-0.05, 0) is 12.5 Å². The van der Waals surface area contributed by atoms with Crippen LogP contribution in [0.5, 0.6) is 0 Å². The van der Waals surface area contributed by atoms with Gasteiger partial charge in [0.05, 0.1) is 5.69 Å². The van der Waals surface area contributed by atoms with Crippen LogP contribution >= 0.6 is 0 Å². The molecule has 1 aromatic heterocycles. The van der Waals surface area contributed by atoms with E-state index < -0.39 is 5.97 Å². The van der Waals surface area contributed by atoms with Crippen LogP contribution in [0.15, 0.2) is 41.2 Å². The first kappa shape index (κ1) is 13.0. The van der Waals surface area contributed by atoms with Crippen molar-refractivity contribution in [1.82, 2.24) is 9.78 Å². The van der Waals surface area contributed by atoms with E-state index in [2.05, 4.69) is 5.10 Å². The van der Waals surface area contributed by atoms with Gasteiger partial charge in [0.25, 0.3) is 5.56 Å². The van der Waals surface area contributed by atoms with Gasteiger partial charge >= 0.3 is 5.97 Å². The number of carboxylic acid groups (broad SMARTS) is 1. The van der Waals surface area contributed by atoms with Gasteiger partial charge in [0.2, 0.25) is 0 Å². The van der Waals surface area contributed by atoms with E-state index in [4.69, 9.17) is 5.11 Å². The molecule has 0 spiro atoms. The van der Waals surface area contributed by atoms with Gasteiger partial charge < -0.3 is 5.11 Å². The number of hydrogen-bond acceptors (Lipinski definition) is 3. The third-order valence-corrected chi connectivity index (χ3v) is 2.82. The number of carbonyl (C=O) groups is 1. The molecule has 0 saturated heterocycles. The molecular weight excluding hydrogens is 244 g/mol. The van der Waals surface area contributed by atoms with Gasteiger partial charge in [-0.1, -0.05) is 30.3 Å². The van der Waals surface area contributed by atoms with Crippen molar-refractivity contribution in [3.8, 4) is 11.3 Å². The van der Waals surface area contributed by atoms with Crippen LogP contribution in [0.25, 0.3) is 11.3 Å². The van der Waals surface area contributed by atoms with Gasteiger partial charge in [0.15, 0.2) is 0 Å². The number of benzene rings is 1. The van der Waals surface area contributed by atoms with Crippen molar-refractivity contribution in [2.45, 2.75) is 12.8 Å². The molecule has 5 nitrogen and oxygen atoms in total.